The van der Waals surface area contributed by atoms with Gasteiger partial charge in [0.15, 0.2) is 0 Å². The molecule has 0 saturated heterocycles. The van der Waals surface area contributed by atoms with E-state index < -0.39 is 0 Å². The summed E-state index contributed by atoms with van der Waals surface area (Å²) in [7, 11) is 0. The molecule has 1 heterocycles. The van der Waals surface area contributed by atoms with Crippen LogP contribution in [0.2, 0.25) is 5.02 Å². The molecule has 0 unspecified atom stereocenters. The average Bonchev–Trinajstić information content (AvgIpc) is 3.29. The topological polar surface area (TPSA) is 56.2 Å². The molecule has 5 aromatic rings. The van der Waals surface area contributed by atoms with E-state index in [2.05, 4.69) is 46.3 Å². The molecule has 194 valence electrons. The van der Waals surface area contributed by atoms with E-state index in [0.29, 0.717) is 24.6 Å². The second-order valence-corrected chi connectivity index (χ2v) is 9.83. The van der Waals surface area contributed by atoms with E-state index >= 15 is 0 Å². The Morgan fingerprint density at radius 1 is 0.868 bits per heavy atom. The van der Waals surface area contributed by atoms with Crippen molar-refractivity contribution in [2.24, 2.45) is 0 Å². The molecular weight excluding hydrogens is 494 g/mol. The summed E-state index contributed by atoms with van der Waals surface area (Å²) in [6.45, 7) is 1.97. The fraction of sp³-hybridized carbons (Fsp3) is 0.250. The number of fused-ring (bicyclic) bond motifs is 2. The van der Waals surface area contributed by atoms with Gasteiger partial charge in [-0.3, -0.25) is 4.79 Å². The number of para-hydroxylation sites is 2. The Morgan fingerprint density at radius 2 is 1.66 bits per heavy atom. The summed E-state index contributed by atoms with van der Waals surface area (Å²) in [6, 6.07) is 30.2. The van der Waals surface area contributed by atoms with Gasteiger partial charge in [-0.1, -0.05) is 84.8 Å². The van der Waals surface area contributed by atoms with Crippen LogP contribution in [0.15, 0.2) is 91.0 Å². The Bertz CT molecular complexity index is 1520. The third kappa shape index (κ3) is 6.35. The summed E-state index contributed by atoms with van der Waals surface area (Å²) in [6.07, 6.45) is 4.15. The van der Waals surface area contributed by atoms with Gasteiger partial charge in [0.25, 0.3) is 0 Å². The van der Waals surface area contributed by atoms with Gasteiger partial charge in [-0.25, -0.2) is 4.98 Å². The molecule has 5 rings (SSSR count). The highest BCUT2D eigenvalue weighted by molar-refractivity contribution is 6.31. The molecular formula is C32H32ClN3O2. The van der Waals surface area contributed by atoms with Gasteiger partial charge < -0.3 is 14.6 Å². The van der Waals surface area contributed by atoms with Gasteiger partial charge in [0, 0.05) is 23.4 Å². The van der Waals surface area contributed by atoms with Gasteiger partial charge >= 0.3 is 0 Å². The number of hydrogen-bond donors (Lipinski definition) is 1. The molecule has 0 bridgehead atoms. The second kappa shape index (κ2) is 12.6. The SMILES string of the molecule is O=C(Cc1ccccc1Cl)NCCCCCc1nc2ccccc2n1CCOc1cccc2ccccc12. The molecule has 1 aromatic heterocycles. The zero-order valence-electron chi connectivity index (χ0n) is 21.4. The van der Waals surface area contributed by atoms with Crippen molar-refractivity contribution in [3.63, 3.8) is 0 Å². The molecule has 5 nitrogen and oxygen atoms in total. The number of halogens is 1. The van der Waals surface area contributed by atoms with Crippen LogP contribution in [-0.2, 0) is 24.2 Å². The quantitative estimate of drug-likeness (QED) is 0.178. The zero-order valence-corrected chi connectivity index (χ0v) is 22.2. The highest BCUT2D eigenvalue weighted by Gasteiger charge is 2.11. The minimum atomic E-state index is 0.00564. The van der Waals surface area contributed by atoms with Crippen LogP contribution in [0.1, 0.15) is 30.7 Å². The molecule has 1 amide bonds. The monoisotopic (exact) mass is 525 g/mol. The van der Waals surface area contributed by atoms with Crippen LogP contribution in [-0.4, -0.2) is 28.6 Å². The average molecular weight is 526 g/mol. The molecule has 6 heteroatoms. The fourth-order valence-electron chi connectivity index (χ4n) is 4.82. The summed E-state index contributed by atoms with van der Waals surface area (Å²) in [5.74, 6) is 1.99. The van der Waals surface area contributed by atoms with Crippen LogP contribution in [0.4, 0.5) is 0 Å². The Hall–Kier alpha value is -3.83. The number of nitrogens with one attached hydrogen (secondary N) is 1. The lowest BCUT2D eigenvalue weighted by Crippen LogP contribution is -2.26. The maximum absolute atomic E-state index is 12.2. The molecule has 38 heavy (non-hydrogen) atoms. The van der Waals surface area contributed by atoms with Crippen molar-refractivity contribution in [2.75, 3.05) is 13.2 Å². The van der Waals surface area contributed by atoms with Crippen molar-refractivity contribution < 1.29 is 9.53 Å². The van der Waals surface area contributed by atoms with E-state index in [1.165, 1.54) is 5.39 Å². The molecule has 0 fully saturated rings. The van der Waals surface area contributed by atoms with Crippen LogP contribution >= 0.6 is 11.6 Å². The molecule has 4 aromatic carbocycles. The highest BCUT2D eigenvalue weighted by Crippen LogP contribution is 2.25. The third-order valence-corrected chi connectivity index (χ3v) is 7.13. The standard InChI is InChI=1S/C32H32ClN3O2/c33-27-15-6-4-12-25(27)23-32(37)34-20-9-1-2-19-31-35-28-16-7-8-17-29(28)36(31)21-22-38-30-18-10-13-24-11-3-5-14-26(24)30/h3-8,10-18H,1-2,9,19-23H2,(H,34,37). The molecule has 0 aliphatic rings. The Morgan fingerprint density at radius 3 is 2.58 bits per heavy atom. The molecule has 1 N–H and O–H groups in total. The number of carbonyl (C=O) groups is 1. The predicted octanol–water partition coefficient (Wildman–Crippen LogP) is 6.99. The first-order chi connectivity index (χ1) is 18.7. The van der Waals surface area contributed by atoms with Crippen molar-refractivity contribution in [3.8, 4) is 5.75 Å². The molecule has 0 atom stereocenters. The first-order valence-corrected chi connectivity index (χ1v) is 13.6. The van der Waals surface area contributed by atoms with E-state index in [4.69, 9.17) is 21.3 Å². The number of benzene rings is 4. The maximum atomic E-state index is 12.2. The number of rotatable bonds is 12. The number of hydrogen-bond acceptors (Lipinski definition) is 3. The van der Waals surface area contributed by atoms with Crippen LogP contribution in [0, 0.1) is 0 Å². The van der Waals surface area contributed by atoms with E-state index in [-0.39, 0.29) is 5.91 Å². The van der Waals surface area contributed by atoms with Gasteiger partial charge in [-0.05, 0) is 48.1 Å². The lowest BCUT2D eigenvalue weighted by atomic mass is 10.1. The second-order valence-electron chi connectivity index (χ2n) is 9.42. The summed E-state index contributed by atoms with van der Waals surface area (Å²) in [4.78, 5) is 17.2. The minimum absolute atomic E-state index is 0.00564. The maximum Gasteiger partial charge on any atom is 0.224 e. The summed E-state index contributed by atoms with van der Waals surface area (Å²) in [5.41, 5.74) is 3.00. The first kappa shape index (κ1) is 25.8. The van der Waals surface area contributed by atoms with E-state index in [9.17, 15) is 4.79 Å². The Labute approximate surface area is 228 Å². The number of ether oxygens (including phenoxy) is 1. The molecule has 0 saturated carbocycles. The number of imidazole rings is 1. The molecule has 0 aliphatic heterocycles. The summed E-state index contributed by atoms with van der Waals surface area (Å²) < 4.78 is 8.51. The minimum Gasteiger partial charge on any atom is -0.491 e. The van der Waals surface area contributed by atoms with Crippen LogP contribution < -0.4 is 10.1 Å². The van der Waals surface area contributed by atoms with Crippen molar-refractivity contribution in [1.29, 1.82) is 0 Å². The lowest BCUT2D eigenvalue weighted by Gasteiger charge is -2.12. The third-order valence-electron chi connectivity index (χ3n) is 6.76. The number of aromatic nitrogens is 2. The Kier molecular flexibility index (Phi) is 8.56. The molecule has 0 radical (unpaired) electrons. The predicted molar refractivity (Wildman–Crippen MR) is 155 cm³/mol. The Balaban J connectivity index is 1.12. The summed E-state index contributed by atoms with van der Waals surface area (Å²) >= 11 is 6.16. The van der Waals surface area contributed by atoms with Gasteiger partial charge in [-0.2, -0.15) is 0 Å². The van der Waals surface area contributed by atoms with Gasteiger partial charge in [0.2, 0.25) is 5.91 Å². The van der Waals surface area contributed by atoms with Gasteiger partial charge in [0.1, 0.15) is 18.2 Å². The lowest BCUT2D eigenvalue weighted by molar-refractivity contribution is -0.120. The van der Waals surface area contributed by atoms with Crippen molar-refractivity contribution >= 4 is 39.3 Å². The number of amides is 1. The number of nitrogens with zero attached hydrogens (tertiary/aromatic N) is 2. The largest absolute Gasteiger partial charge is 0.491 e. The van der Waals surface area contributed by atoms with Crippen molar-refractivity contribution in [3.05, 3.63) is 107 Å². The first-order valence-electron chi connectivity index (χ1n) is 13.2. The number of carbonyl (C=O) groups excluding carboxylic acids is 1. The smallest absolute Gasteiger partial charge is 0.224 e. The van der Waals surface area contributed by atoms with Gasteiger partial charge in [0.05, 0.1) is 24.0 Å². The van der Waals surface area contributed by atoms with Crippen molar-refractivity contribution in [2.45, 2.75) is 38.6 Å². The van der Waals surface area contributed by atoms with E-state index in [1.54, 1.807) is 0 Å². The summed E-state index contributed by atoms with van der Waals surface area (Å²) in [5, 5.41) is 5.95. The van der Waals surface area contributed by atoms with Crippen LogP contribution in [0.5, 0.6) is 5.75 Å². The van der Waals surface area contributed by atoms with Crippen LogP contribution in [0.25, 0.3) is 21.8 Å². The zero-order chi connectivity index (χ0) is 26.2. The highest BCUT2D eigenvalue weighted by atomic mass is 35.5. The number of unbranched alkanes of at least 4 members (excludes halogenated alkanes) is 2. The molecule has 0 aliphatic carbocycles. The van der Waals surface area contributed by atoms with Crippen molar-refractivity contribution in [1.82, 2.24) is 14.9 Å². The number of aryl methyl sites for hydroxylation is 1. The van der Waals surface area contributed by atoms with E-state index in [1.807, 2.05) is 54.6 Å². The normalized spacial score (nSPS) is 11.2. The fourth-order valence-corrected chi connectivity index (χ4v) is 5.03. The van der Waals surface area contributed by atoms with Crippen LogP contribution in [0.3, 0.4) is 0 Å². The molecule has 0 spiro atoms. The van der Waals surface area contributed by atoms with E-state index in [0.717, 1.165) is 65.8 Å². The van der Waals surface area contributed by atoms with Gasteiger partial charge in [-0.15, -0.1) is 0 Å².